The molecule has 0 spiro atoms. The molecule has 30 heavy (non-hydrogen) atoms. The van der Waals surface area contributed by atoms with E-state index < -0.39 is 0 Å². The molecule has 1 aromatic carbocycles. The summed E-state index contributed by atoms with van der Waals surface area (Å²) in [6, 6.07) is 10.5. The molecule has 1 aliphatic heterocycles. The fourth-order valence-electron chi connectivity index (χ4n) is 5.20. The summed E-state index contributed by atoms with van der Waals surface area (Å²) in [4.78, 5) is 31.2. The van der Waals surface area contributed by atoms with Crippen LogP contribution in [0.1, 0.15) is 37.7 Å². The second-order valence-electron chi connectivity index (χ2n) is 8.71. The van der Waals surface area contributed by atoms with Gasteiger partial charge in [-0.25, -0.2) is 0 Å². The van der Waals surface area contributed by atoms with Crippen LogP contribution >= 0.6 is 0 Å². The Kier molecular flexibility index (Phi) is 6.21. The van der Waals surface area contributed by atoms with Crippen molar-refractivity contribution in [3.05, 3.63) is 48.0 Å². The summed E-state index contributed by atoms with van der Waals surface area (Å²) in [7, 11) is 1.76. The van der Waals surface area contributed by atoms with Crippen molar-refractivity contribution in [1.82, 2.24) is 15.5 Å². The van der Waals surface area contributed by atoms with E-state index in [9.17, 15) is 9.59 Å². The first-order valence-electron chi connectivity index (χ1n) is 11.1. The van der Waals surface area contributed by atoms with Crippen LogP contribution in [0.4, 0.5) is 0 Å². The number of hydrogen-bond donors (Lipinski definition) is 2. The molecule has 160 valence electrons. The van der Waals surface area contributed by atoms with E-state index in [0.717, 1.165) is 31.8 Å². The predicted octanol–water partition coefficient (Wildman–Crippen LogP) is 2.54. The summed E-state index contributed by atoms with van der Waals surface area (Å²) in [5.41, 5.74) is 1.34. The highest BCUT2D eigenvalue weighted by Crippen LogP contribution is 2.52. The molecule has 2 bridgehead atoms. The average Bonchev–Trinajstić information content (AvgIpc) is 3.45. The number of amides is 2. The summed E-state index contributed by atoms with van der Waals surface area (Å²) in [5.74, 6) is 1.69. The van der Waals surface area contributed by atoms with Gasteiger partial charge in [0, 0.05) is 26.7 Å². The highest BCUT2D eigenvalue weighted by molar-refractivity contribution is 6.06. The van der Waals surface area contributed by atoms with Crippen molar-refractivity contribution in [3.8, 4) is 0 Å². The molecule has 1 saturated heterocycles. The molecule has 2 aliphatic carbocycles. The van der Waals surface area contributed by atoms with Gasteiger partial charge in [-0.3, -0.25) is 19.5 Å². The standard InChI is InChI=1S/C24H32N4O2/c1-16(17-7-4-3-5-8-17)11-13-27-24(25-2)26-12-6-14-28-22(29)20-18-9-10-19(15-18)21(20)23(28)30/h3-5,7-10,16,18-21H,6,11-15H2,1-2H3,(H2,25,26,27). The monoisotopic (exact) mass is 408 g/mol. The van der Waals surface area contributed by atoms with Gasteiger partial charge in [-0.15, -0.1) is 0 Å². The number of allylic oxidation sites excluding steroid dienone is 2. The van der Waals surface area contributed by atoms with Crippen molar-refractivity contribution in [2.45, 2.75) is 32.1 Å². The normalized spacial score (nSPS) is 28.2. The number of guanidine groups is 1. The SMILES string of the molecule is CN=C(NCCCN1C(=O)C2C3C=CC(C3)C2C1=O)NCCC(C)c1ccccc1. The molecule has 1 saturated carbocycles. The van der Waals surface area contributed by atoms with Gasteiger partial charge >= 0.3 is 0 Å². The van der Waals surface area contributed by atoms with E-state index in [4.69, 9.17) is 0 Å². The second kappa shape index (κ2) is 9.02. The number of nitrogens with zero attached hydrogens (tertiary/aromatic N) is 2. The number of aliphatic imine (C=N–C) groups is 1. The van der Waals surface area contributed by atoms with Crippen molar-refractivity contribution < 1.29 is 9.59 Å². The van der Waals surface area contributed by atoms with Gasteiger partial charge in [-0.1, -0.05) is 49.4 Å². The van der Waals surface area contributed by atoms with Gasteiger partial charge in [0.25, 0.3) is 0 Å². The molecule has 0 aromatic heterocycles. The Morgan fingerprint density at radius 3 is 2.33 bits per heavy atom. The molecule has 5 atom stereocenters. The van der Waals surface area contributed by atoms with E-state index in [2.05, 4.69) is 59.0 Å². The number of carbonyl (C=O) groups is 2. The van der Waals surface area contributed by atoms with E-state index in [-0.39, 0.29) is 35.5 Å². The molecular formula is C24H32N4O2. The molecule has 6 nitrogen and oxygen atoms in total. The average molecular weight is 409 g/mol. The van der Waals surface area contributed by atoms with Crippen LogP contribution in [-0.4, -0.2) is 49.4 Å². The van der Waals surface area contributed by atoms with E-state index >= 15 is 0 Å². The zero-order valence-electron chi connectivity index (χ0n) is 17.9. The minimum absolute atomic E-state index is 0.0410. The third kappa shape index (κ3) is 4.00. The molecule has 0 radical (unpaired) electrons. The van der Waals surface area contributed by atoms with Gasteiger partial charge in [0.15, 0.2) is 5.96 Å². The molecule has 4 rings (SSSR count). The summed E-state index contributed by atoms with van der Waals surface area (Å²) in [6.45, 7) is 4.22. The van der Waals surface area contributed by atoms with Crippen LogP contribution in [0.5, 0.6) is 0 Å². The number of benzene rings is 1. The van der Waals surface area contributed by atoms with Crippen LogP contribution in [0.2, 0.25) is 0 Å². The number of fused-ring (bicyclic) bond motifs is 5. The minimum Gasteiger partial charge on any atom is -0.356 e. The Hall–Kier alpha value is -2.63. The van der Waals surface area contributed by atoms with Crippen LogP contribution < -0.4 is 10.6 Å². The number of likely N-dealkylation sites (tertiary alicyclic amines) is 1. The quantitative estimate of drug-likeness (QED) is 0.228. The number of rotatable bonds is 8. The summed E-state index contributed by atoms with van der Waals surface area (Å²) in [5, 5.41) is 6.65. The molecular weight excluding hydrogens is 376 g/mol. The van der Waals surface area contributed by atoms with Crippen LogP contribution in [-0.2, 0) is 9.59 Å². The zero-order valence-corrected chi connectivity index (χ0v) is 17.9. The highest BCUT2D eigenvalue weighted by atomic mass is 16.2. The minimum atomic E-state index is -0.0958. The fraction of sp³-hybridized carbons (Fsp3) is 0.542. The Labute approximate surface area is 178 Å². The second-order valence-corrected chi connectivity index (χ2v) is 8.71. The van der Waals surface area contributed by atoms with Crippen LogP contribution in [0, 0.1) is 23.7 Å². The molecule has 2 fully saturated rings. The summed E-state index contributed by atoms with van der Waals surface area (Å²) >= 11 is 0. The van der Waals surface area contributed by atoms with E-state index in [0.29, 0.717) is 19.0 Å². The Bertz CT molecular complexity index is 805. The number of imide groups is 1. The number of hydrogen-bond acceptors (Lipinski definition) is 3. The smallest absolute Gasteiger partial charge is 0.233 e. The highest BCUT2D eigenvalue weighted by Gasteiger charge is 2.58. The van der Waals surface area contributed by atoms with Gasteiger partial charge in [0.1, 0.15) is 0 Å². The summed E-state index contributed by atoms with van der Waals surface area (Å²) in [6.07, 6.45) is 6.99. The van der Waals surface area contributed by atoms with E-state index in [1.165, 1.54) is 10.5 Å². The third-order valence-electron chi connectivity index (χ3n) is 6.87. The summed E-state index contributed by atoms with van der Waals surface area (Å²) < 4.78 is 0. The Balaban J connectivity index is 1.16. The molecule has 2 N–H and O–H groups in total. The van der Waals surface area contributed by atoms with Crippen molar-refractivity contribution in [3.63, 3.8) is 0 Å². The third-order valence-corrected chi connectivity index (χ3v) is 6.87. The lowest BCUT2D eigenvalue weighted by Crippen LogP contribution is -2.40. The Morgan fingerprint density at radius 2 is 1.70 bits per heavy atom. The Morgan fingerprint density at radius 1 is 1.07 bits per heavy atom. The first-order chi connectivity index (χ1) is 14.6. The molecule has 1 heterocycles. The van der Waals surface area contributed by atoms with Crippen molar-refractivity contribution >= 4 is 17.8 Å². The van der Waals surface area contributed by atoms with Crippen LogP contribution in [0.25, 0.3) is 0 Å². The largest absolute Gasteiger partial charge is 0.356 e. The van der Waals surface area contributed by atoms with Crippen molar-refractivity contribution in [2.24, 2.45) is 28.7 Å². The van der Waals surface area contributed by atoms with Gasteiger partial charge in [-0.2, -0.15) is 0 Å². The zero-order chi connectivity index (χ0) is 21.1. The van der Waals surface area contributed by atoms with Crippen LogP contribution in [0.3, 0.4) is 0 Å². The predicted molar refractivity (Wildman–Crippen MR) is 118 cm³/mol. The maximum Gasteiger partial charge on any atom is 0.233 e. The first-order valence-corrected chi connectivity index (χ1v) is 11.1. The maximum atomic E-state index is 12.7. The lowest BCUT2D eigenvalue weighted by Gasteiger charge is -2.18. The molecule has 5 unspecified atom stereocenters. The van der Waals surface area contributed by atoms with Gasteiger partial charge in [0.2, 0.25) is 11.8 Å². The number of carbonyl (C=O) groups excluding carboxylic acids is 2. The molecule has 2 amide bonds. The van der Waals surface area contributed by atoms with Crippen molar-refractivity contribution in [1.29, 1.82) is 0 Å². The molecule has 3 aliphatic rings. The topological polar surface area (TPSA) is 73.8 Å². The van der Waals surface area contributed by atoms with Crippen LogP contribution in [0.15, 0.2) is 47.5 Å². The first kappa shape index (κ1) is 20.6. The van der Waals surface area contributed by atoms with E-state index in [1.807, 2.05) is 6.07 Å². The number of nitrogens with one attached hydrogen (secondary N) is 2. The van der Waals surface area contributed by atoms with Gasteiger partial charge in [0.05, 0.1) is 11.8 Å². The lowest BCUT2D eigenvalue weighted by atomic mass is 9.85. The van der Waals surface area contributed by atoms with E-state index in [1.54, 1.807) is 7.05 Å². The van der Waals surface area contributed by atoms with Crippen molar-refractivity contribution in [2.75, 3.05) is 26.7 Å². The maximum absolute atomic E-state index is 12.7. The van der Waals surface area contributed by atoms with Gasteiger partial charge in [-0.05, 0) is 42.6 Å². The molecule has 6 heteroatoms. The molecule has 1 aromatic rings. The lowest BCUT2D eigenvalue weighted by molar-refractivity contribution is -0.140. The van der Waals surface area contributed by atoms with Gasteiger partial charge < -0.3 is 10.6 Å². The fourth-order valence-corrected chi connectivity index (χ4v) is 5.20.